The summed E-state index contributed by atoms with van der Waals surface area (Å²) >= 11 is 3.56. The maximum Gasteiger partial charge on any atom is 0.138 e. The quantitative estimate of drug-likeness (QED) is 0.864. The number of nitrogens with one attached hydrogen (secondary N) is 1. The molecule has 1 N–H and O–H groups in total. The fourth-order valence-electron chi connectivity index (χ4n) is 1.84. The normalized spacial score (nSPS) is 10.4. The van der Waals surface area contributed by atoms with Gasteiger partial charge in [-0.3, -0.25) is 0 Å². The molecule has 0 unspecified atom stereocenters. The van der Waals surface area contributed by atoms with Gasteiger partial charge in [-0.25, -0.2) is 0 Å². The summed E-state index contributed by atoms with van der Waals surface area (Å²) in [6.07, 6.45) is 0. The standard InChI is InChI=1S/C16H18BrNO/c1-2-18-11-14-9-6-10-15(17)16(14)19-12-13-7-4-3-5-8-13/h3-10,18H,2,11-12H2,1H3. The Hall–Kier alpha value is -1.32. The number of para-hydroxylation sites is 1. The van der Waals surface area contributed by atoms with Crippen LogP contribution < -0.4 is 10.1 Å². The van der Waals surface area contributed by atoms with E-state index < -0.39 is 0 Å². The molecular formula is C16H18BrNO. The SMILES string of the molecule is CCNCc1cccc(Br)c1OCc1ccccc1. The van der Waals surface area contributed by atoms with E-state index >= 15 is 0 Å². The van der Waals surface area contributed by atoms with Crippen molar-refractivity contribution in [2.75, 3.05) is 6.54 Å². The molecule has 2 aromatic rings. The first kappa shape index (κ1) is 14.1. The van der Waals surface area contributed by atoms with Crippen molar-refractivity contribution in [2.24, 2.45) is 0 Å². The zero-order chi connectivity index (χ0) is 13.5. The van der Waals surface area contributed by atoms with Crippen molar-refractivity contribution in [2.45, 2.75) is 20.1 Å². The number of halogens is 1. The van der Waals surface area contributed by atoms with E-state index in [4.69, 9.17) is 4.74 Å². The lowest BCUT2D eigenvalue weighted by atomic mass is 10.2. The highest BCUT2D eigenvalue weighted by molar-refractivity contribution is 9.10. The summed E-state index contributed by atoms with van der Waals surface area (Å²) in [5, 5.41) is 3.33. The van der Waals surface area contributed by atoms with Crippen LogP contribution in [-0.4, -0.2) is 6.54 Å². The minimum atomic E-state index is 0.586. The number of benzene rings is 2. The van der Waals surface area contributed by atoms with Crippen molar-refractivity contribution in [3.63, 3.8) is 0 Å². The van der Waals surface area contributed by atoms with Gasteiger partial charge in [0.25, 0.3) is 0 Å². The molecule has 2 nitrogen and oxygen atoms in total. The smallest absolute Gasteiger partial charge is 0.138 e. The van der Waals surface area contributed by atoms with Crippen molar-refractivity contribution in [1.29, 1.82) is 0 Å². The Morgan fingerprint density at radius 2 is 1.84 bits per heavy atom. The first-order valence-corrected chi connectivity index (χ1v) is 7.25. The van der Waals surface area contributed by atoms with E-state index in [9.17, 15) is 0 Å². The van der Waals surface area contributed by atoms with Crippen molar-refractivity contribution >= 4 is 15.9 Å². The summed E-state index contributed by atoms with van der Waals surface area (Å²) in [6.45, 7) is 4.45. The van der Waals surface area contributed by atoms with Gasteiger partial charge in [-0.1, -0.05) is 49.4 Å². The third-order valence-corrected chi connectivity index (χ3v) is 3.46. The van der Waals surface area contributed by atoms with E-state index in [0.29, 0.717) is 6.61 Å². The Labute approximate surface area is 122 Å². The molecule has 0 fully saturated rings. The molecule has 0 spiro atoms. The van der Waals surface area contributed by atoms with Gasteiger partial charge in [0.2, 0.25) is 0 Å². The average Bonchev–Trinajstić information content (AvgIpc) is 2.45. The van der Waals surface area contributed by atoms with Gasteiger partial charge < -0.3 is 10.1 Å². The van der Waals surface area contributed by atoms with Gasteiger partial charge in [0, 0.05) is 12.1 Å². The van der Waals surface area contributed by atoms with Gasteiger partial charge in [-0.05, 0) is 34.1 Å². The van der Waals surface area contributed by atoms with E-state index in [1.54, 1.807) is 0 Å². The first-order chi connectivity index (χ1) is 9.31. The van der Waals surface area contributed by atoms with Gasteiger partial charge in [-0.2, -0.15) is 0 Å². The van der Waals surface area contributed by atoms with Gasteiger partial charge in [0.15, 0.2) is 0 Å². The maximum absolute atomic E-state index is 5.96. The fraction of sp³-hybridized carbons (Fsp3) is 0.250. The van der Waals surface area contributed by atoms with E-state index in [1.165, 1.54) is 11.1 Å². The molecule has 0 aliphatic heterocycles. The molecule has 0 atom stereocenters. The molecule has 0 aromatic heterocycles. The third kappa shape index (κ3) is 4.08. The Morgan fingerprint density at radius 1 is 1.05 bits per heavy atom. The second-order valence-corrected chi connectivity index (χ2v) is 5.14. The zero-order valence-corrected chi connectivity index (χ0v) is 12.6. The second-order valence-electron chi connectivity index (χ2n) is 4.28. The lowest BCUT2D eigenvalue weighted by molar-refractivity contribution is 0.300. The molecular weight excluding hydrogens is 302 g/mol. The van der Waals surface area contributed by atoms with E-state index in [1.807, 2.05) is 30.3 Å². The molecule has 0 bridgehead atoms. The summed E-state index contributed by atoms with van der Waals surface area (Å²) in [4.78, 5) is 0. The number of hydrogen-bond acceptors (Lipinski definition) is 2. The van der Waals surface area contributed by atoms with Gasteiger partial charge in [-0.15, -0.1) is 0 Å². The van der Waals surface area contributed by atoms with Crippen LogP contribution in [0.2, 0.25) is 0 Å². The largest absolute Gasteiger partial charge is 0.487 e. The molecule has 0 radical (unpaired) electrons. The summed E-state index contributed by atoms with van der Waals surface area (Å²) in [6, 6.07) is 16.3. The fourth-order valence-corrected chi connectivity index (χ4v) is 2.37. The van der Waals surface area contributed by atoms with Crippen molar-refractivity contribution < 1.29 is 4.74 Å². The Balaban J connectivity index is 2.10. The van der Waals surface area contributed by atoms with Crippen LogP contribution in [0.25, 0.3) is 0 Å². The van der Waals surface area contributed by atoms with Crippen LogP contribution in [0.3, 0.4) is 0 Å². The van der Waals surface area contributed by atoms with E-state index in [0.717, 1.165) is 23.3 Å². The topological polar surface area (TPSA) is 21.3 Å². The van der Waals surface area contributed by atoms with Gasteiger partial charge >= 0.3 is 0 Å². The lowest BCUT2D eigenvalue weighted by Crippen LogP contribution is -2.13. The minimum absolute atomic E-state index is 0.586. The molecule has 0 aliphatic carbocycles. The minimum Gasteiger partial charge on any atom is -0.487 e. The van der Waals surface area contributed by atoms with Crippen LogP contribution in [0.5, 0.6) is 5.75 Å². The average molecular weight is 320 g/mol. The van der Waals surface area contributed by atoms with Crippen molar-refractivity contribution in [3.05, 3.63) is 64.1 Å². The highest BCUT2D eigenvalue weighted by Crippen LogP contribution is 2.29. The van der Waals surface area contributed by atoms with Crippen LogP contribution >= 0.6 is 15.9 Å². The molecule has 3 heteroatoms. The number of ether oxygens (including phenoxy) is 1. The van der Waals surface area contributed by atoms with Crippen LogP contribution in [-0.2, 0) is 13.2 Å². The molecule has 0 amide bonds. The van der Waals surface area contributed by atoms with Crippen LogP contribution in [0, 0.1) is 0 Å². The molecule has 0 heterocycles. The molecule has 2 aromatic carbocycles. The predicted molar refractivity (Wildman–Crippen MR) is 82.3 cm³/mol. The third-order valence-electron chi connectivity index (χ3n) is 2.84. The highest BCUT2D eigenvalue weighted by atomic mass is 79.9. The van der Waals surface area contributed by atoms with Crippen molar-refractivity contribution in [1.82, 2.24) is 5.32 Å². The predicted octanol–water partition coefficient (Wildman–Crippen LogP) is 4.14. The summed E-state index contributed by atoms with van der Waals surface area (Å²) in [5.41, 5.74) is 2.35. The van der Waals surface area contributed by atoms with Crippen LogP contribution in [0.1, 0.15) is 18.1 Å². The highest BCUT2D eigenvalue weighted by Gasteiger charge is 2.07. The molecule has 0 saturated heterocycles. The van der Waals surface area contributed by atoms with E-state index in [2.05, 4.69) is 46.4 Å². The number of hydrogen-bond donors (Lipinski definition) is 1. The molecule has 0 aliphatic rings. The van der Waals surface area contributed by atoms with Crippen molar-refractivity contribution in [3.8, 4) is 5.75 Å². The monoisotopic (exact) mass is 319 g/mol. The Bertz CT molecular complexity index is 513. The second kappa shape index (κ2) is 7.31. The van der Waals surface area contributed by atoms with E-state index in [-0.39, 0.29) is 0 Å². The van der Waals surface area contributed by atoms with Crippen LogP contribution in [0.4, 0.5) is 0 Å². The molecule has 0 saturated carbocycles. The number of rotatable bonds is 6. The summed E-state index contributed by atoms with van der Waals surface area (Å²) < 4.78 is 6.96. The Kier molecular flexibility index (Phi) is 5.43. The summed E-state index contributed by atoms with van der Waals surface area (Å²) in [7, 11) is 0. The molecule has 2 rings (SSSR count). The van der Waals surface area contributed by atoms with Gasteiger partial charge in [0.05, 0.1) is 4.47 Å². The van der Waals surface area contributed by atoms with Crippen LogP contribution in [0.15, 0.2) is 53.0 Å². The lowest BCUT2D eigenvalue weighted by Gasteiger charge is -2.13. The first-order valence-electron chi connectivity index (χ1n) is 6.46. The zero-order valence-electron chi connectivity index (χ0n) is 11.0. The summed E-state index contributed by atoms with van der Waals surface area (Å²) in [5.74, 6) is 0.923. The van der Waals surface area contributed by atoms with Gasteiger partial charge in [0.1, 0.15) is 12.4 Å². The Morgan fingerprint density at radius 3 is 2.58 bits per heavy atom. The molecule has 19 heavy (non-hydrogen) atoms. The maximum atomic E-state index is 5.96. The molecule has 100 valence electrons.